The number of urea groups is 1. The standard InChI is InChI=1S/C11H19N3O2/c1-6(10(15)14-11(12)16)13-9(7-2-3-7)8-4-5-8/h6-9,13H,2-5H2,1H3,(H3,12,14,15,16). The van der Waals surface area contributed by atoms with Gasteiger partial charge in [-0.2, -0.15) is 0 Å². The van der Waals surface area contributed by atoms with Gasteiger partial charge in [0.05, 0.1) is 6.04 Å². The summed E-state index contributed by atoms with van der Waals surface area (Å²) in [5, 5.41) is 5.43. The Balaban J connectivity index is 1.81. The predicted octanol–water partition coefficient (Wildman–Crippen LogP) is 0.348. The van der Waals surface area contributed by atoms with Crippen LogP contribution in [0.5, 0.6) is 0 Å². The highest BCUT2D eigenvalue weighted by Crippen LogP contribution is 2.44. The molecule has 4 N–H and O–H groups in total. The van der Waals surface area contributed by atoms with Crippen LogP contribution in [0.2, 0.25) is 0 Å². The van der Waals surface area contributed by atoms with E-state index in [1.807, 2.05) is 0 Å². The third-order valence-corrected chi connectivity index (χ3v) is 3.34. The second kappa shape index (κ2) is 4.41. The van der Waals surface area contributed by atoms with E-state index in [0.717, 1.165) is 11.8 Å². The highest BCUT2D eigenvalue weighted by Gasteiger charge is 2.42. The molecule has 0 radical (unpaired) electrons. The van der Waals surface area contributed by atoms with Crippen molar-refractivity contribution in [2.45, 2.75) is 44.7 Å². The fraction of sp³-hybridized carbons (Fsp3) is 0.818. The number of carbonyl (C=O) groups excluding carboxylic acids is 2. The van der Waals surface area contributed by atoms with E-state index in [0.29, 0.717) is 6.04 Å². The van der Waals surface area contributed by atoms with Crippen LogP contribution in [0.4, 0.5) is 4.79 Å². The van der Waals surface area contributed by atoms with Crippen LogP contribution in [0.15, 0.2) is 0 Å². The Bertz CT molecular complexity index is 286. The maximum Gasteiger partial charge on any atom is 0.318 e. The van der Waals surface area contributed by atoms with Crippen LogP contribution >= 0.6 is 0 Å². The summed E-state index contributed by atoms with van der Waals surface area (Å²) in [7, 11) is 0. The number of nitrogens with one attached hydrogen (secondary N) is 2. The molecule has 2 fully saturated rings. The molecule has 0 saturated heterocycles. The van der Waals surface area contributed by atoms with Crippen LogP contribution in [0.1, 0.15) is 32.6 Å². The molecule has 2 aliphatic carbocycles. The van der Waals surface area contributed by atoms with Gasteiger partial charge in [-0.15, -0.1) is 0 Å². The van der Waals surface area contributed by atoms with Gasteiger partial charge in [0.1, 0.15) is 0 Å². The lowest BCUT2D eigenvalue weighted by Gasteiger charge is -2.22. The lowest BCUT2D eigenvalue weighted by molar-refractivity contribution is -0.121. The smallest absolute Gasteiger partial charge is 0.318 e. The second-order valence-electron chi connectivity index (χ2n) is 4.94. The van der Waals surface area contributed by atoms with Crippen LogP contribution in [-0.2, 0) is 4.79 Å². The minimum atomic E-state index is -0.784. The van der Waals surface area contributed by atoms with E-state index >= 15 is 0 Å². The molecule has 0 aliphatic heterocycles. The molecule has 2 aliphatic rings. The number of hydrogen-bond donors (Lipinski definition) is 3. The van der Waals surface area contributed by atoms with Crippen molar-refractivity contribution in [3.63, 3.8) is 0 Å². The number of primary amides is 1. The van der Waals surface area contributed by atoms with E-state index in [-0.39, 0.29) is 11.9 Å². The Morgan fingerprint density at radius 3 is 2.06 bits per heavy atom. The molecule has 0 bridgehead atoms. The van der Waals surface area contributed by atoms with E-state index in [1.54, 1.807) is 6.92 Å². The summed E-state index contributed by atoms with van der Waals surface area (Å²) in [6.07, 6.45) is 5.05. The van der Waals surface area contributed by atoms with Crippen molar-refractivity contribution in [3.05, 3.63) is 0 Å². The fourth-order valence-corrected chi connectivity index (χ4v) is 2.16. The van der Waals surface area contributed by atoms with E-state index < -0.39 is 6.03 Å². The molecule has 0 aromatic heterocycles. The first kappa shape index (κ1) is 11.4. The summed E-state index contributed by atoms with van der Waals surface area (Å²) in [5.74, 6) is 1.13. The molecule has 2 saturated carbocycles. The molecule has 16 heavy (non-hydrogen) atoms. The summed E-state index contributed by atoms with van der Waals surface area (Å²) >= 11 is 0. The third kappa shape index (κ3) is 2.95. The highest BCUT2D eigenvalue weighted by atomic mass is 16.2. The van der Waals surface area contributed by atoms with Gasteiger partial charge in [-0.1, -0.05) is 0 Å². The summed E-state index contributed by atoms with van der Waals surface area (Å²) in [4.78, 5) is 22.1. The Hall–Kier alpha value is -1.10. The zero-order valence-corrected chi connectivity index (χ0v) is 9.53. The lowest BCUT2D eigenvalue weighted by atomic mass is 10.1. The first-order valence-electron chi connectivity index (χ1n) is 5.94. The van der Waals surface area contributed by atoms with Gasteiger partial charge < -0.3 is 11.1 Å². The van der Waals surface area contributed by atoms with Gasteiger partial charge in [0.15, 0.2) is 0 Å². The number of nitrogens with two attached hydrogens (primary N) is 1. The molecule has 0 aromatic carbocycles. The number of rotatable bonds is 5. The minimum Gasteiger partial charge on any atom is -0.351 e. The van der Waals surface area contributed by atoms with Crippen LogP contribution in [0.25, 0.3) is 0 Å². The number of hydrogen-bond acceptors (Lipinski definition) is 3. The Morgan fingerprint density at radius 2 is 1.69 bits per heavy atom. The first-order valence-corrected chi connectivity index (χ1v) is 5.94. The molecular weight excluding hydrogens is 206 g/mol. The van der Waals surface area contributed by atoms with Gasteiger partial charge in [-0.05, 0) is 44.4 Å². The van der Waals surface area contributed by atoms with E-state index in [1.165, 1.54) is 25.7 Å². The average molecular weight is 225 g/mol. The van der Waals surface area contributed by atoms with Crippen molar-refractivity contribution >= 4 is 11.9 Å². The van der Waals surface area contributed by atoms with Gasteiger partial charge in [0.25, 0.3) is 0 Å². The average Bonchev–Trinajstić information content (AvgIpc) is 3.03. The van der Waals surface area contributed by atoms with Crippen molar-refractivity contribution in [1.29, 1.82) is 0 Å². The zero-order chi connectivity index (χ0) is 11.7. The highest BCUT2D eigenvalue weighted by molar-refractivity contribution is 5.96. The van der Waals surface area contributed by atoms with Crippen molar-refractivity contribution in [2.75, 3.05) is 0 Å². The molecule has 90 valence electrons. The molecule has 0 spiro atoms. The largest absolute Gasteiger partial charge is 0.351 e. The fourth-order valence-electron chi connectivity index (χ4n) is 2.16. The topological polar surface area (TPSA) is 84.2 Å². The summed E-state index contributed by atoms with van der Waals surface area (Å²) in [5.41, 5.74) is 4.91. The third-order valence-electron chi connectivity index (χ3n) is 3.34. The van der Waals surface area contributed by atoms with Crippen LogP contribution in [0, 0.1) is 11.8 Å². The van der Waals surface area contributed by atoms with Crippen LogP contribution < -0.4 is 16.4 Å². The summed E-state index contributed by atoms with van der Waals surface area (Å²) < 4.78 is 0. The summed E-state index contributed by atoms with van der Waals surface area (Å²) in [6.45, 7) is 1.77. The second-order valence-corrected chi connectivity index (χ2v) is 4.94. The SMILES string of the molecule is CC(NC(C1CC1)C1CC1)C(=O)NC(N)=O. The Labute approximate surface area is 95.1 Å². The monoisotopic (exact) mass is 225 g/mol. The normalized spacial score (nSPS) is 21.9. The number of carbonyl (C=O) groups is 2. The van der Waals surface area contributed by atoms with E-state index in [2.05, 4.69) is 10.6 Å². The van der Waals surface area contributed by atoms with Crippen molar-refractivity contribution in [1.82, 2.24) is 10.6 Å². The quantitative estimate of drug-likeness (QED) is 0.631. The zero-order valence-electron chi connectivity index (χ0n) is 9.53. The van der Waals surface area contributed by atoms with Gasteiger partial charge >= 0.3 is 6.03 Å². The van der Waals surface area contributed by atoms with Gasteiger partial charge in [0.2, 0.25) is 5.91 Å². The van der Waals surface area contributed by atoms with Crippen molar-refractivity contribution in [3.8, 4) is 0 Å². The number of amides is 3. The van der Waals surface area contributed by atoms with Crippen molar-refractivity contribution < 1.29 is 9.59 Å². The molecule has 5 heteroatoms. The van der Waals surface area contributed by atoms with Crippen LogP contribution in [0.3, 0.4) is 0 Å². The van der Waals surface area contributed by atoms with Crippen LogP contribution in [-0.4, -0.2) is 24.0 Å². The molecule has 1 atom stereocenters. The van der Waals surface area contributed by atoms with E-state index in [9.17, 15) is 9.59 Å². The Morgan fingerprint density at radius 1 is 1.19 bits per heavy atom. The predicted molar refractivity (Wildman–Crippen MR) is 59.6 cm³/mol. The molecule has 1 unspecified atom stereocenters. The van der Waals surface area contributed by atoms with E-state index in [4.69, 9.17) is 5.73 Å². The summed E-state index contributed by atoms with van der Waals surface area (Å²) in [6, 6.07) is -0.680. The molecule has 0 heterocycles. The Kier molecular flexibility index (Phi) is 3.14. The van der Waals surface area contributed by atoms with Crippen molar-refractivity contribution in [2.24, 2.45) is 17.6 Å². The maximum absolute atomic E-state index is 11.5. The minimum absolute atomic E-state index is 0.334. The molecular formula is C11H19N3O2. The lowest BCUT2D eigenvalue weighted by Crippen LogP contribution is -2.50. The number of imide groups is 1. The molecule has 0 aromatic rings. The van der Waals surface area contributed by atoms with Gasteiger partial charge in [-0.25, -0.2) is 4.79 Å². The maximum atomic E-state index is 11.5. The molecule has 5 nitrogen and oxygen atoms in total. The first-order chi connectivity index (χ1) is 7.58. The molecule has 3 amide bonds. The van der Waals surface area contributed by atoms with Gasteiger partial charge in [0, 0.05) is 6.04 Å². The van der Waals surface area contributed by atoms with Gasteiger partial charge in [-0.3, -0.25) is 10.1 Å². The molecule has 2 rings (SSSR count).